The number of amides is 1. The molecule has 33 heavy (non-hydrogen) atoms. The Kier molecular flexibility index (Phi) is 5.72. The molecule has 1 saturated heterocycles. The maximum atomic E-state index is 13.5. The van der Waals surface area contributed by atoms with Crippen LogP contribution in [0.5, 0.6) is 0 Å². The van der Waals surface area contributed by atoms with Crippen molar-refractivity contribution in [3.8, 4) is 0 Å². The topological polar surface area (TPSA) is 96.2 Å². The largest absolute Gasteiger partial charge is 0.408 e. The third-order valence-electron chi connectivity index (χ3n) is 5.55. The van der Waals surface area contributed by atoms with Crippen molar-refractivity contribution in [3.63, 3.8) is 0 Å². The van der Waals surface area contributed by atoms with E-state index in [2.05, 4.69) is 20.4 Å². The van der Waals surface area contributed by atoms with E-state index in [9.17, 15) is 27.5 Å². The highest BCUT2D eigenvalue weighted by Gasteiger charge is 2.38. The molecule has 1 fully saturated rings. The van der Waals surface area contributed by atoms with Gasteiger partial charge in [-0.05, 0) is 38.8 Å². The first-order chi connectivity index (χ1) is 15.4. The van der Waals surface area contributed by atoms with Gasteiger partial charge >= 0.3 is 6.18 Å². The van der Waals surface area contributed by atoms with Gasteiger partial charge in [0.25, 0.3) is 5.91 Å². The summed E-state index contributed by atoms with van der Waals surface area (Å²) in [6.45, 7) is 2.54. The number of hydrogen-bond donors (Lipinski definition) is 2. The second-order valence-corrected chi connectivity index (χ2v) is 8.61. The van der Waals surface area contributed by atoms with Gasteiger partial charge in [-0.2, -0.15) is 18.3 Å². The Morgan fingerprint density at radius 1 is 1.30 bits per heavy atom. The lowest BCUT2D eigenvalue weighted by atomic mass is 9.88. The average molecular weight is 466 g/mol. The molecule has 0 saturated carbocycles. The number of alkyl halides is 3. The molecule has 3 aromatic heterocycles. The van der Waals surface area contributed by atoms with Crippen molar-refractivity contribution in [2.24, 2.45) is 0 Å². The Balaban J connectivity index is 1.73. The van der Waals surface area contributed by atoms with Crippen LogP contribution in [0.4, 0.5) is 29.2 Å². The number of fused-ring (bicyclic) bond motifs is 1. The van der Waals surface area contributed by atoms with Gasteiger partial charge in [0.2, 0.25) is 0 Å². The van der Waals surface area contributed by atoms with Crippen LogP contribution in [0.15, 0.2) is 30.6 Å². The van der Waals surface area contributed by atoms with E-state index in [1.165, 1.54) is 18.5 Å². The predicted molar refractivity (Wildman–Crippen MR) is 111 cm³/mol. The molecule has 1 aliphatic heterocycles. The maximum Gasteiger partial charge on any atom is 0.408 e. The van der Waals surface area contributed by atoms with Gasteiger partial charge in [0, 0.05) is 30.5 Å². The van der Waals surface area contributed by atoms with E-state index < -0.39 is 36.1 Å². The predicted octanol–water partition coefficient (Wildman–Crippen LogP) is 3.65. The number of rotatable bonds is 4. The van der Waals surface area contributed by atoms with Crippen LogP contribution in [-0.4, -0.2) is 60.0 Å². The summed E-state index contributed by atoms with van der Waals surface area (Å²) in [6, 6.07) is 3.47. The molecule has 0 bridgehead atoms. The molecule has 0 aliphatic carbocycles. The zero-order chi connectivity index (χ0) is 24.0. The van der Waals surface area contributed by atoms with Crippen molar-refractivity contribution in [2.45, 2.75) is 51.1 Å². The smallest absolute Gasteiger partial charge is 0.393 e. The van der Waals surface area contributed by atoms with E-state index in [1.807, 2.05) is 13.8 Å². The summed E-state index contributed by atoms with van der Waals surface area (Å²) in [4.78, 5) is 22.8. The van der Waals surface area contributed by atoms with E-state index in [0.29, 0.717) is 19.4 Å². The van der Waals surface area contributed by atoms with Crippen molar-refractivity contribution < 1.29 is 27.5 Å². The lowest BCUT2D eigenvalue weighted by Gasteiger charge is -2.44. The molecule has 1 amide bonds. The number of nitrogens with one attached hydrogen (secondary N) is 1. The fourth-order valence-electron chi connectivity index (χ4n) is 4.05. The molecule has 176 valence electrons. The van der Waals surface area contributed by atoms with Gasteiger partial charge in [0.05, 0.1) is 17.0 Å². The number of likely N-dealkylation sites (tertiary alicyclic amines) is 1. The molecular formula is C21H22F4N6O2. The zero-order valence-corrected chi connectivity index (χ0v) is 17.9. The van der Waals surface area contributed by atoms with E-state index in [1.54, 1.807) is 4.90 Å². The molecule has 1 aliphatic rings. The maximum absolute atomic E-state index is 13.5. The number of aliphatic hydroxyl groups excluding tert-OH is 1. The van der Waals surface area contributed by atoms with Crippen LogP contribution < -0.4 is 5.32 Å². The van der Waals surface area contributed by atoms with Crippen molar-refractivity contribution in [3.05, 3.63) is 42.1 Å². The van der Waals surface area contributed by atoms with Gasteiger partial charge in [-0.3, -0.25) is 14.5 Å². The third kappa shape index (κ3) is 4.90. The first-order valence-corrected chi connectivity index (χ1v) is 10.2. The Morgan fingerprint density at radius 2 is 2.06 bits per heavy atom. The molecule has 0 aromatic carbocycles. The Bertz CT molecular complexity index is 1190. The SMILES string of the molecule is CC1(C)CC(O)CCN1C(=O)c1cc2c(cn1)c(Nc1cc(F)ccn1)nn2CC(F)(F)F. The Labute approximate surface area is 186 Å². The second kappa shape index (κ2) is 8.25. The number of nitrogens with zero attached hydrogens (tertiary/aromatic N) is 5. The lowest BCUT2D eigenvalue weighted by molar-refractivity contribution is -0.141. The molecule has 4 heterocycles. The van der Waals surface area contributed by atoms with E-state index in [0.717, 1.165) is 16.8 Å². The highest BCUT2D eigenvalue weighted by atomic mass is 19.4. The van der Waals surface area contributed by atoms with Crippen molar-refractivity contribution in [1.82, 2.24) is 24.6 Å². The first kappa shape index (κ1) is 22.9. The van der Waals surface area contributed by atoms with E-state index >= 15 is 0 Å². The van der Waals surface area contributed by atoms with Gasteiger partial charge in [0.15, 0.2) is 5.82 Å². The van der Waals surface area contributed by atoms with E-state index in [-0.39, 0.29) is 28.2 Å². The van der Waals surface area contributed by atoms with Gasteiger partial charge in [0.1, 0.15) is 23.9 Å². The number of carbonyl (C=O) groups is 1. The van der Waals surface area contributed by atoms with Crippen molar-refractivity contribution >= 4 is 28.4 Å². The Hall–Kier alpha value is -3.28. The van der Waals surface area contributed by atoms with Gasteiger partial charge < -0.3 is 15.3 Å². The van der Waals surface area contributed by atoms with Crippen molar-refractivity contribution in [1.29, 1.82) is 0 Å². The Morgan fingerprint density at radius 3 is 2.73 bits per heavy atom. The number of hydrogen-bond acceptors (Lipinski definition) is 6. The molecule has 1 unspecified atom stereocenters. The van der Waals surface area contributed by atoms with Crippen LogP contribution in [0.3, 0.4) is 0 Å². The van der Waals surface area contributed by atoms with Gasteiger partial charge in [-0.15, -0.1) is 0 Å². The van der Waals surface area contributed by atoms with Crippen LogP contribution in [0.2, 0.25) is 0 Å². The summed E-state index contributed by atoms with van der Waals surface area (Å²) in [5, 5.41) is 16.8. The number of piperidine rings is 1. The summed E-state index contributed by atoms with van der Waals surface area (Å²) in [5.74, 6) is -0.968. The summed E-state index contributed by atoms with van der Waals surface area (Å²) >= 11 is 0. The number of anilines is 2. The fraction of sp³-hybridized carbons (Fsp3) is 0.429. The normalized spacial score (nSPS) is 18.5. The molecule has 1 atom stereocenters. The minimum absolute atomic E-state index is 0.000253. The van der Waals surface area contributed by atoms with Gasteiger partial charge in [-0.25, -0.2) is 9.37 Å². The minimum atomic E-state index is -4.56. The second-order valence-electron chi connectivity index (χ2n) is 8.61. The highest BCUT2D eigenvalue weighted by molar-refractivity contribution is 5.98. The summed E-state index contributed by atoms with van der Waals surface area (Å²) in [7, 11) is 0. The van der Waals surface area contributed by atoms with Crippen LogP contribution in [-0.2, 0) is 6.54 Å². The highest BCUT2D eigenvalue weighted by Crippen LogP contribution is 2.31. The number of aromatic nitrogens is 4. The first-order valence-electron chi connectivity index (χ1n) is 10.2. The summed E-state index contributed by atoms with van der Waals surface area (Å²) in [6.07, 6.45) is -1.85. The molecular weight excluding hydrogens is 444 g/mol. The molecule has 4 rings (SSSR count). The minimum Gasteiger partial charge on any atom is -0.393 e. The fourth-order valence-corrected chi connectivity index (χ4v) is 4.05. The van der Waals surface area contributed by atoms with Crippen LogP contribution in [0.25, 0.3) is 10.9 Å². The average Bonchev–Trinajstić information content (AvgIpc) is 3.01. The number of carbonyl (C=O) groups excluding carboxylic acids is 1. The third-order valence-corrected chi connectivity index (χ3v) is 5.55. The van der Waals surface area contributed by atoms with Crippen molar-refractivity contribution in [2.75, 3.05) is 11.9 Å². The van der Waals surface area contributed by atoms with Crippen LogP contribution in [0.1, 0.15) is 37.2 Å². The van der Waals surface area contributed by atoms with Gasteiger partial charge in [-0.1, -0.05) is 0 Å². The number of aliphatic hydroxyl groups is 1. The molecule has 8 nitrogen and oxygen atoms in total. The quantitative estimate of drug-likeness (QED) is 0.570. The molecule has 0 spiro atoms. The molecule has 2 N–H and O–H groups in total. The lowest BCUT2D eigenvalue weighted by Crippen LogP contribution is -2.54. The monoisotopic (exact) mass is 466 g/mol. The zero-order valence-electron chi connectivity index (χ0n) is 17.9. The molecule has 0 radical (unpaired) electrons. The summed E-state index contributed by atoms with van der Waals surface area (Å²) < 4.78 is 53.8. The summed E-state index contributed by atoms with van der Waals surface area (Å²) in [5.41, 5.74) is -0.641. The number of halogens is 4. The number of pyridine rings is 2. The van der Waals surface area contributed by atoms with Crippen LogP contribution >= 0.6 is 0 Å². The van der Waals surface area contributed by atoms with E-state index in [4.69, 9.17) is 0 Å². The van der Waals surface area contributed by atoms with Crippen LogP contribution in [0, 0.1) is 5.82 Å². The standard InChI is InChI=1S/C21H22F4N6O2/c1-20(2)9-13(32)4-6-30(20)19(33)15-8-16-14(10-27-15)18(29-31(16)11-21(23,24)25)28-17-7-12(22)3-5-26-17/h3,5,7-8,10,13,32H,4,6,9,11H2,1-2H3,(H,26,28,29). The molecule has 12 heteroatoms. The molecule has 3 aromatic rings.